The molecule has 8 heteroatoms. The predicted octanol–water partition coefficient (Wildman–Crippen LogP) is 3.50. The van der Waals surface area contributed by atoms with Gasteiger partial charge in [0.1, 0.15) is 0 Å². The van der Waals surface area contributed by atoms with Gasteiger partial charge in [-0.3, -0.25) is 9.89 Å². The Morgan fingerprint density at radius 3 is 2.44 bits per heavy atom. The van der Waals surface area contributed by atoms with Gasteiger partial charge in [0.2, 0.25) is 5.75 Å². The van der Waals surface area contributed by atoms with Crippen molar-refractivity contribution in [1.82, 2.24) is 15.5 Å². The topological polar surface area (TPSA) is 88.7 Å². The molecule has 1 atom stereocenters. The van der Waals surface area contributed by atoms with Crippen molar-refractivity contribution >= 4 is 11.7 Å². The summed E-state index contributed by atoms with van der Waals surface area (Å²) >= 11 is 0. The minimum absolute atomic E-state index is 0.00668. The van der Waals surface area contributed by atoms with Crippen LogP contribution in [0.25, 0.3) is 11.3 Å². The number of hydrogen-bond donors (Lipinski definition) is 2. The lowest BCUT2D eigenvalue weighted by atomic mass is 10.0. The quantitative estimate of drug-likeness (QED) is 0.589. The molecule has 1 saturated heterocycles. The maximum Gasteiger partial charge on any atom is 0.251 e. The monoisotopic (exact) mass is 436 g/mol. The lowest BCUT2D eigenvalue weighted by molar-refractivity contribution is 0.0932. The van der Waals surface area contributed by atoms with Crippen LogP contribution in [0.1, 0.15) is 23.2 Å². The number of carbonyl (C=O) groups is 1. The standard InChI is InChI=1S/C24H28N4O4/c1-30-20-12-17(13-21(31-2)23(20)32-3)24(29)25-18-10-7-11-28(15-18)22-14-19(26-27-22)16-8-5-4-6-9-16/h4-6,8-9,12-14,18H,7,10-11,15H2,1-3H3,(H,25,29)(H,26,27)/t18-/m1/s1. The van der Waals surface area contributed by atoms with E-state index in [-0.39, 0.29) is 11.9 Å². The van der Waals surface area contributed by atoms with Crippen molar-refractivity contribution < 1.29 is 19.0 Å². The van der Waals surface area contributed by atoms with E-state index in [4.69, 9.17) is 14.2 Å². The van der Waals surface area contributed by atoms with Gasteiger partial charge in [-0.2, -0.15) is 5.10 Å². The molecule has 1 aromatic heterocycles. The lowest BCUT2D eigenvalue weighted by Gasteiger charge is -2.33. The van der Waals surface area contributed by atoms with Crippen LogP contribution >= 0.6 is 0 Å². The SMILES string of the molecule is COc1cc(C(=O)N[C@@H]2CCCN(c3cc(-c4ccccc4)[nH]n3)C2)cc(OC)c1OC. The second-order valence-corrected chi connectivity index (χ2v) is 7.68. The average Bonchev–Trinajstić information content (AvgIpc) is 3.34. The summed E-state index contributed by atoms with van der Waals surface area (Å²) in [5, 5.41) is 10.8. The van der Waals surface area contributed by atoms with E-state index in [0.29, 0.717) is 29.4 Å². The van der Waals surface area contributed by atoms with E-state index in [0.717, 1.165) is 36.5 Å². The first-order valence-corrected chi connectivity index (χ1v) is 10.6. The van der Waals surface area contributed by atoms with Gasteiger partial charge in [0, 0.05) is 30.8 Å². The van der Waals surface area contributed by atoms with Crippen LogP contribution in [0.2, 0.25) is 0 Å². The Hall–Kier alpha value is -3.68. The number of methoxy groups -OCH3 is 3. The molecule has 3 aromatic rings. The van der Waals surface area contributed by atoms with Crippen molar-refractivity contribution in [2.24, 2.45) is 0 Å². The zero-order chi connectivity index (χ0) is 22.5. The van der Waals surface area contributed by atoms with Crippen molar-refractivity contribution in [3.8, 4) is 28.5 Å². The minimum Gasteiger partial charge on any atom is -0.493 e. The van der Waals surface area contributed by atoms with Crippen molar-refractivity contribution in [2.75, 3.05) is 39.3 Å². The van der Waals surface area contributed by atoms with E-state index in [1.807, 2.05) is 30.3 Å². The number of piperidine rings is 1. The Bertz CT molecular complexity index is 1040. The molecule has 0 radical (unpaired) electrons. The van der Waals surface area contributed by atoms with E-state index >= 15 is 0 Å². The number of ether oxygens (including phenoxy) is 3. The van der Waals surface area contributed by atoms with Crippen LogP contribution < -0.4 is 24.4 Å². The van der Waals surface area contributed by atoms with Crippen LogP contribution in [0.3, 0.4) is 0 Å². The van der Waals surface area contributed by atoms with Gasteiger partial charge in [-0.1, -0.05) is 30.3 Å². The van der Waals surface area contributed by atoms with Gasteiger partial charge >= 0.3 is 0 Å². The summed E-state index contributed by atoms with van der Waals surface area (Å²) in [6.45, 7) is 1.59. The first-order chi connectivity index (χ1) is 15.6. The number of aromatic nitrogens is 2. The van der Waals surface area contributed by atoms with Crippen molar-refractivity contribution in [2.45, 2.75) is 18.9 Å². The lowest BCUT2D eigenvalue weighted by Crippen LogP contribution is -2.48. The van der Waals surface area contributed by atoms with Crippen LogP contribution in [0, 0.1) is 0 Å². The van der Waals surface area contributed by atoms with Gasteiger partial charge in [0.25, 0.3) is 5.91 Å². The number of nitrogens with one attached hydrogen (secondary N) is 2. The van der Waals surface area contributed by atoms with Gasteiger partial charge in [-0.15, -0.1) is 0 Å². The number of aromatic amines is 1. The molecule has 0 saturated carbocycles. The van der Waals surface area contributed by atoms with E-state index in [2.05, 4.69) is 26.5 Å². The normalized spacial score (nSPS) is 15.8. The van der Waals surface area contributed by atoms with Crippen LogP contribution in [0.4, 0.5) is 5.82 Å². The van der Waals surface area contributed by atoms with E-state index in [1.165, 1.54) is 21.3 Å². The maximum absolute atomic E-state index is 13.0. The van der Waals surface area contributed by atoms with Crippen LogP contribution in [-0.2, 0) is 0 Å². The third-order valence-electron chi connectivity index (χ3n) is 5.66. The molecule has 1 fully saturated rings. The van der Waals surface area contributed by atoms with Gasteiger partial charge in [-0.05, 0) is 30.5 Å². The summed E-state index contributed by atoms with van der Waals surface area (Å²) in [4.78, 5) is 15.2. The van der Waals surface area contributed by atoms with E-state index < -0.39 is 0 Å². The highest BCUT2D eigenvalue weighted by Crippen LogP contribution is 2.38. The molecule has 0 unspecified atom stereocenters. The van der Waals surface area contributed by atoms with Gasteiger partial charge < -0.3 is 24.4 Å². The number of anilines is 1. The Labute approximate surface area is 187 Å². The fourth-order valence-corrected chi connectivity index (χ4v) is 4.02. The van der Waals surface area contributed by atoms with Crippen molar-refractivity contribution in [3.05, 3.63) is 54.1 Å². The number of benzene rings is 2. The van der Waals surface area contributed by atoms with Gasteiger partial charge in [0.15, 0.2) is 17.3 Å². The highest BCUT2D eigenvalue weighted by atomic mass is 16.5. The molecule has 4 rings (SSSR count). The Balaban J connectivity index is 1.46. The highest BCUT2D eigenvalue weighted by molar-refractivity contribution is 5.96. The number of rotatable bonds is 7. The molecule has 0 spiro atoms. The van der Waals surface area contributed by atoms with E-state index in [9.17, 15) is 4.79 Å². The third kappa shape index (κ3) is 4.49. The summed E-state index contributed by atoms with van der Waals surface area (Å²) in [6, 6.07) is 15.5. The minimum atomic E-state index is -0.178. The number of nitrogens with zero attached hydrogens (tertiary/aromatic N) is 2. The Morgan fingerprint density at radius 1 is 1.06 bits per heavy atom. The molecular weight excluding hydrogens is 408 g/mol. The largest absolute Gasteiger partial charge is 0.493 e. The molecule has 0 bridgehead atoms. The van der Waals surface area contributed by atoms with Crippen LogP contribution in [-0.4, -0.2) is 56.6 Å². The van der Waals surface area contributed by atoms with E-state index in [1.54, 1.807) is 12.1 Å². The second-order valence-electron chi connectivity index (χ2n) is 7.68. The molecule has 32 heavy (non-hydrogen) atoms. The first-order valence-electron chi connectivity index (χ1n) is 10.6. The molecule has 1 aliphatic rings. The summed E-state index contributed by atoms with van der Waals surface area (Å²) in [6.07, 6.45) is 1.87. The molecule has 168 valence electrons. The maximum atomic E-state index is 13.0. The molecule has 0 aliphatic carbocycles. The number of carbonyl (C=O) groups excluding carboxylic acids is 1. The zero-order valence-corrected chi connectivity index (χ0v) is 18.6. The predicted molar refractivity (Wildman–Crippen MR) is 123 cm³/mol. The third-order valence-corrected chi connectivity index (χ3v) is 5.66. The molecule has 2 heterocycles. The number of H-pyrrole nitrogens is 1. The molecule has 2 N–H and O–H groups in total. The first kappa shape index (κ1) is 21.5. The van der Waals surface area contributed by atoms with Gasteiger partial charge in [0.05, 0.1) is 27.0 Å². The summed E-state index contributed by atoms with van der Waals surface area (Å²) in [5.74, 6) is 2.07. The van der Waals surface area contributed by atoms with Crippen molar-refractivity contribution in [1.29, 1.82) is 0 Å². The smallest absolute Gasteiger partial charge is 0.251 e. The van der Waals surface area contributed by atoms with Crippen LogP contribution in [0.5, 0.6) is 17.2 Å². The molecule has 8 nitrogen and oxygen atoms in total. The summed E-state index contributed by atoms with van der Waals surface area (Å²) < 4.78 is 16.1. The molecule has 1 aliphatic heterocycles. The summed E-state index contributed by atoms with van der Waals surface area (Å²) in [7, 11) is 4.60. The number of amides is 1. The fourth-order valence-electron chi connectivity index (χ4n) is 4.02. The molecule has 2 aromatic carbocycles. The average molecular weight is 437 g/mol. The second kappa shape index (κ2) is 9.64. The Morgan fingerprint density at radius 2 is 1.78 bits per heavy atom. The molecule has 1 amide bonds. The zero-order valence-electron chi connectivity index (χ0n) is 18.6. The summed E-state index contributed by atoms with van der Waals surface area (Å²) in [5.41, 5.74) is 2.53. The van der Waals surface area contributed by atoms with Gasteiger partial charge in [-0.25, -0.2) is 0 Å². The Kier molecular flexibility index (Phi) is 6.49. The van der Waals surface area contributed by atoms with Crippen LogP contribution in [0.15, 0.2) is 48.5 Å². The molecular formula is C24H28N4O4. The number of hydrogen-bond acceptors (Lipinski definition) is 6. The van der Waals surface area contributed by atoms with Crippen molar-refractivity contribution in [3.63, 3.8) is 0 Å². The highest BCUT2D eigenvalue weighted by Gasteiger charge is 2.25. The fraction of sp³-hybridized carbons (Fsp3) is 0.333.